The van der Waals surface area contributed by atoms with Crippen LogP contribution in [0.5, 0.6) is 5.75 Å². The first-order valence-corrected chi connectivity index (χ1v) is 6.77. The second-order valence-corrected chi connectivity index (χ2v) is 4.70. The lowest BCUT2D eigenvalue weighted by Gasteiger charge is -2.17. The number of hydrogen-bond donors (Lipinski definition) is 1. The summed E-state index contributed by atoms with van der Waals surface area (Å²) in [5, 5.41) is 2.86. The van der Waals surface area contributed by atoms with Crippen molar-refractivity contribution in [2.45, 2.75) is 20.3 Å². The Morgan fingerprint density at radius 2 is 2.11 bits per heavy atom. The molecule has 1 N–H and O–H groups in total. The zero-order valence-electron chi connectivity index (χ0n) is 12.1. The van der Waals surface area contributed by atoms with Gasteiger partial charge in [-0.1, -0.05) is 25.1 Å². The van der Waals surface area contributed by atoms with Crippen LogP contribution in [-0.2, 0) is 4.79 Å². The van der Waals surface area contributed by atoms with E-state index in [9.17, 15) is 4.79 Å². The molecule has 0 aromatic heterocycles. The monoisotopic (exact) mass is 264 g/mol. The first kappa shape index (κ1) is 15.5. The van der Waals surface area contributed by atoms with Crippen LogP contribution in [0.15, 0.2) is 24.3 Å². The second kappa shape index (κ2) is 8.53. The fourth-order valence-corrected chi connectivity index (χ4v) is 1.67. The van der Waals surface area contributed by atoms with Crippen LogP contribution in [-0.4, -0.2) is 44.1 Å². The number of likely N-dealkylation sites (N-methyl/N-ethyl adjacent to an activating group) is 1. The van der Waals surface area contributed by atoms with Crippen molar-refractivity contribution in [3.8, 4) is 5.75 Å². The standard InChI is InChI=1S/C15H24N2O2/c1-4-9-16-15(18)12-17(3)10-11-19-14-8-6-5-7-13(14)2/h5-8H,4,9-12H2,1-3H3,(H,16,18). The molecule has 4 nitrogen and oxygen atoms in total. The van der Waals surface area contributed by atoms with Gasteiger partial charge >= 0.3 is 0 Å². The highest BCUT2D eigenvalue weighted by molar-refractivity contribution is 5.77. The molecule has 0 radical (unpaired) electrons. The molecule has 0 atom stereocenters. The number of rotatable bonds is 8. The van der Waals surface area contributed by atoms with Gasteiger partial charge in [0.1, 0.15) is 12.4 Å². The van der Waals surface area contributed by atoms with Crippen LogP contribution in [0, 0.1) is 6.92 Å². The van der Waals surface area contributed by atoms with Crippen molar-refractivity contribution in [2.75, 3.05) is 33.3 Å². The maximum Gasteiger partial charge on any atom is 0.234 e. The van der Waals surface area contributed by atoms with E-state index in [1.807, 2.05) is 50.1 Å². The van der Waals surface area contributed by atoms with Crippen LogP contribution in [0.1, 0.15) is 18.9 Å². The fourth-order valence-electron chi connectivity index (χ4n) is 1.67. The van der Waals surface area contributed by atoms with E-state index in [0.29, 0.717) is 13.2 Å². The Kier molecular flexibility index (Phi) is 6.97. The van der Waals surface area contributed by atoms with Gasteiger partial charge in [0.2, 0.25) is 5.91 Å². The Morgan fingerprint density at radius 1 is 1.37 bits per heavy atom. The molecule has 0 aliphatic rings. The predicted octanol–water partition coefficient (Wildman–Crippen LogP) is 1.83. The summed E-state index contributed by atoms with van der Waals surface area (Å²) in [7, 11) is 1.92. The molecule has 1 aromatic rings. The molecule has 0 aliphatic heterocycles. The van der Waals surface area contributed by atoms with Crippen molar-refractivity contribution < 1.29 is 9.53 Å². The number of nitrogens with zero attached hydrogens (tertiary/aromatic N) is 1. The SMILES string of the molecule is CCCNC(=O)CN(C)CCOc1ccccc1C. The van der Waals surface area contributed by atoms with Gasteiger partial charge in [-0.3, -0.25) is 9.69 Å². The second-order valence-electron chi connectivity index (χ2n) is 4.70. The molecular weight excluding hydrogens is 240 g/mol. The minimum atomic E-state index is 0.0697. The normalized spacial score (nSPS) is 10.5. The van der Waals surface area contributed by atoms with Crippen molar-refractivity contribution >= 4 is 5.91 Å². The molecule has 106 valence electrons. The number of aryl methyl sites for hydroxylation is 1. The molecule has 0 saturated carbocycles. The number of carbonyl (C=O) groups is 1. The summed E-state index contributed by atoms with van der Waals surface area (Å²) in [5.74, 6) is 0.978. The number of hydrogen-bond acceptors (Lipinski definition) is 3. The van der Waals surface area contributed by atoms with Crippen molar-refractivity contribution in [3.05, 3.63) is 29.8 Å². The van der Waals surface area contributed by atoms with Gasteiger partial charge < -0.3 is 10.1 Å². The van der Waals surface area contributed by atoms with Gasteiger partial charge in [0.25, 0.3) is 0 Å². The van der Waals surface area contributed by atoms with E-state index >= 15 is 0 Å². The molecule has 0 spiro atoms. The molecule has 1 amide bonds. The fraction of sp³-hybridized carbons (Fsp3) is 0.533. The van der Waals surface area contributed by atoms with Crippen LogP contribution >= 0.6 is 0 Å². The number of para-hydroxylation sites is 1. The van der Waals surface area contributed by atoms with Gasteiger partial charge in [0.15, 0.2) is 0 Å². The molecule has 0 bridgehead atoms. The van der Waals surface area contributed by atoms with Gasteiger partial charge in [0, 0.05) is 13.1 Å². The van der Waals surface area contributed by atoms with Gasteiger partial charge in [-0.2, -0.15) is 0 Å². The smallest absolute Gasteiger partial charge is 0.234 e. The predicted molar refractivity (Wildman–Crippen MR) is 77.5 cm³/mol. The van der Waals surface area contributed by atoms with E-state index in [0.717, 1.165) is 30.8 Å². The third-order valence-corrected chi connectivity index (χ3v) is 2.81. The summed E-state index contributed by atoms with van der Waals surface area (Å²) in [6, 6.07) is 7.94. The lowest BCUT2D eigenvalue weighted by Crippen LogP contribution is -2.37. The van der Waals surface area contributed by atoms with Crippen molar-refractivity contribution in [1.82, 2.24) is 10.2 Å². The molecule has 0 fully saturated rings. The summed E-state index contributed by atoms with van der Waals surface area (Å²) in [4.78, 5) is 13.5. The Balaban J connectivity index is 2.22. The van der Waals surface area contributed by atoms with Gasteiger partial charge in [-0.15, -0.1) is 0 Å². The van der Waals surface area contributed by atoms with Crippen LogP contribution in [0.3, 0.4) is 0 Å². The maximum absolute atomic E-state index is 11.5. The number of amides is 1. The molecule has 4 heteroatoms. The minimum Gasteiger partial charge on any atom is -0.492 e. The molecule has 19 heavy (non-hydrogen) atoms. The van der Waals surface area contributed by atoms with Crippen molar-refractivity contribution in [2.24, 2.45) is 0 Å². The highest BCUT2D eigenvalue weighted by Crippen LogP contribution is 2.15. The van der Waals surface area contributed by atoms with Crippen LogP contribution in [0.25, 0.3) is 0 Å². The van der Waals surface area contributed by atoms with Gasteiger partial charge in [0.05, 0.1) is 6.54 Å². The first-order chi connectivity index (χ1) is 9.13. The summed E-state index contributed by atoms with van der Waals surface area (Å²) in [5.41, 5.74) is 1.13. The van der Waals surface area contributed by atoms with Gasteiger partial charge in [-0.25, -0.2) is 0 Å². The molecule has 0 unspecified atom stereocenters. The highest BCUT2D eigenvalue weighted by Gasteiger charge is 2.06. The van der Waals surface area contributed by atoms with E-state index in [2.05, 4.69) is 5.32 Å². The van der Waals surface area contributed by atoms with Crippen molar-refractivity contribution in [1.29, 1.82) is 0 Å². The summed E-state index contributed by atoms with van der Waals surface area (Å²) in [6.45, 7) is 6.54. The first-order valence-electron chi connectivity index (χ1n) is 6.77. The van der Waals surface area contributed by atoms with Crippen LogP contribution in [0.2, 0.25) is 0 Å². The molecule has 1 aromatic carbocycles. The Labute approximate surface area is 115 Å². The zero-order valence-corrected chi connectivity index (χ0v) is 12.1. The largest absolute Gasteiger partial charge is 0.492 e. The van der Waals surface area contributed by atoms with E-state index in [-0.39, 0.29) is 5.91 Å². The Hall–Kier alpha value is -1.55. The summed E-state index contributed by atoms with van der Waals surface area (Å²) in [6.07, 6.45) is 0.964. The molecular formula is C15H24N2O2. The van der Waals surface area contributed by atoms with Crippen LogP contribution < -0.4 is 10.1 Å². The topological polar surface area (TPSA) is 41.6 Å². The van der Waals surface area contributed by atoms with Crippen LogP contribution in [0.4, 0.5) is 0 Å². The van der Waals surface area contributed by atoms with E-state index in [1.165, 1.54) is 0 Å². The third kappa shape index (κ3) is 6.25. The van der Waals surface area contributed by atoms with Gasteiger partial charge in [-0.05, 0) is 32.0 Å². The number of carbonyl (C=O) groups excluding carboxylic acids is 1. The maximum atomic E-state index is 11.5. The summed E-state index contributed by atoms with van der Waals surface area (Å²) < 4.78 is 5.70. The van der Waals surface area contributed by atoms with Crippen molar-refractivity contribution in [3.63, 3.8) is 0 Å². The Morgan fingerprint density at radius 3 is 2.79 bits per heavy atom. The highest BCUT2D eigenvalue weighted by atomic mass is 16.5. The third-order valence-electron chi connectivity index (χ3n) is 2.81. The quantitative estimate of drug-likeness (QED) is 0.779. The minimum absolute atomic E-state index is 0.0697. The number of nitrogens with one attached hydrogen (secondary N) is 1. The average molecular weight is 264 g/mol. The van der Waals surface area contributed by atoms with E-state index < -0.39 is 0 Å². The lowest BCUT2D eigenvalue weighted by atomic mass is 10.2. The number of benzene rings is 1. The molecule has 0 saturated heterocycles. The molecule has 0 heterocycles. The molecule has 0 aliphatic carbocycles. The number of ether oxygens (including phenoxy) is 1. The zero-order chi connectivity index (χ0) is 14.1. The summed E-state index contributed by atoms with van der Waals surface area (Å²) >= 11 is 0. The molecule has 1 rings (SSSR count). The lowest BCUT2D eigenvalue weighted by molar-refractivity contribution is -0.122. The van der Waals surface area contributed by atoms with E-state index in [4.69, 9.17) is 4.74 Å². The average Bonchev–Trinajstić information content (AvgIpc) is 2.38. The van der Waals surface area contributed by atoms with E-state index in [1.54, 1.807) is 0 Å². The Bertz CT molecular complexity index is 393.